The second-order valence-electron chi connectivity index (χ2n) is 15.0. The fourth-order valence-corrected chi connectivity index (χ4v) is 9.21. The van der Waals surface area contributed by atoms with E-state index in [1.54, 1.807) is 56.3 Å². The van der Waals surface area contributed by atoms with Gasteiger partial charge in [0.25, 0.3) is 0 Å². The van der Waals surface area contributed by atoms with Gasteiger partial charge in [0.1, 0.15) is 0 Å². The van der Waals surface area contributed by atoms with Crippen molar-refractivity contribution in [2.75, 3.05) is 0 Å². The Morgan fingerprint density at radius 1 is 0.756 bits per heavy atom. The minimum absolute atomic E-state index is 0. The molecule has 0 heterocycles. The molecule has 0 nitrogen and oxygen atoms in total. The van der Waals surface area contributed by atoms with Crippen molar-refractivity contribution in [2.24, 2.45) is 23.7 Å². The van der Waals surface area contributed by atoms with Crippen LogP contribution in [0.3, 0.4) is 0 Å². The monoisotopic (exact) mass is 664 g/mol. The first-order valence-electron chi connectivity index (χ1n) is 15.3. The molecular weight excluding hydrogens is 619 g/mol. The van der Waals surface area contributed by atoms with Crippen LogP contribution in [0.5, 0.6) is 0 Å². The van der Waals surface area contributed by atoms with Gasteiger partial charge in [-0.3, -0.25) is 6.08 Å². The zero-order valence-corrected chi connectivity index (χ0v) is 30.4. The SMILES string of the molecule is Cc1[c-]c2c(cc1C(C)(C)C)-c1cc(C(C)(C)C)c(C)cc1C2.[C-]1=CC=CC1.[Cl-].[Cl-].[Zr+2]=[C]1C2CC3CC(C2)CC1C3. The van der Waals surface area contributed by atoms with Crippen LogP contribution in [0.2, 0.25) is 0 Å². The zero-order valence-electron chi connectivity index (χ0n) is 26.5. The average molecular weight is 667 g/mol. The first-order chi connectivity index (χ1) is 18.3. The summed E-state index contributed by atoms with van der Waals surface area (Å²) in [4.78, 5) is 0. The second-order valence-corrected chi connectivity index (χ2v) is 16.4. The van der Waals surface area contributed by atoms with Crippen molar-refractivity contribution >= 4 is 3.21 Å². The molecule has 2 aromatic carbocycles. The van der Waals surface area contributed by atoms with E-state index < -0.39 is 0 Å². The number of aryl methyl sites for hydroxylation is 2. The van der Waals surface area contributed by atoms with Gasteiger partial charge in [0, 0.05) is 0 Å². The van der Waals surface area contributed by atoms with Crippen LogP contribution >= 0.6 is 0 Å². The number of rotatable bonds is 0. The van der Waals surface area contributed by atoms with Gasteiger partial charge in [0.15, 0.2) is 0 Å². The first-order valence-corrected chi connectivity index (χ1v) is 16.5. The number of hydrogen-bond acceptors (Lipinski definition) is 0. The number of benzene rings is 2. The van der Waals surface area contributed by atoms with Gasteiger partial charge in [-0.15, -0.1) is 23.1 Å². The third kappa shape index (κ3) is 7.67. The van der Waals surface area contributed by atoms with Crippen LogP contribution in [-0.4, -0.2) is 3.21 Å². The van der Waals surface area contributed by atoms with E-state index in [2.05, 4.69) is 91.8 Å². The summed E-state index contributed by atoms with van der Waals surface area (Å²) in [5.41, 5.74) is 11.6. The summed E-state index contributed by atoms with van der Waals surface area (Å²) in [7, 11) is 0. The summed E-state index contributed by atoms with van der Waals surface area (Å²) >= 11 is 1.76. The molecule has 0 atom stereocenters. The summed E-state index contributed by atoms with van der Waals surface area (Å²) in [5.74, 6) is 4.51. The molecule has 3 heteroatoms. The van der Waals surface area contributed by atoms with Crippen molar-refractivity contribution < 1.29 is 49.0 Å². The summed E-state index contributed by atoms with van der Waals surface area (Å²) in [6, 6.07) is 10.9. The van der Waals surface area contributed by atoms with E-state index >= 15 is 0 Å². The molecular formula is C38H48Cl2Zr-2. The second kappa shape index (κ2) is 13.5. The molecule has 4 fully saturated rings. The van der Waals surface area contributed by atoms with Gasteiger partial charge in [0.2, 0.25) is 0 Å². The fraction of sp³-hybridized carbons (Fsp3) is 0.553. The number of allylic oxidation sites excluding steroid dienone is 4. The summed E-state index contributed by atoms with van der Waals surface area (Å²) in [6.45, 7) is 18.2. The van der Waals surface area contributed by atoms with Gasteiger partial charge in [0.05, 0.1) is 0 Å². The average Bonchev–Trinajstić information content (AvgIpc) is 3.51. The Kier molecular flexibility index (Phi) is 11.4. The van der Waals surface area contributed by atoms with Gasteiger partial charge < -0.3 is 24.8 Å². The van der Waals surface area contributed by atoms with Crippen molar-refractivity contribution in [3.05, 3.63) is 82.0 Å². The van der Waals surface area contributed by atoms with E-state index in [1.807, 2.05) is 15.4 Å². The number of hydrogen-bond donors (Lipinski definition) is 0. The molecule has 4 saturated carbocycles. The third-order valence-corrected chi connectivity index (χ3v) is 11.7. The van der Waals surface area contributed by atoms with Gasteiger partial charge in [-0.25, -0.2) is 12.2 Å². The molecule has 0 spiro atoms. The van der Waals surface area contributed by atoms with Crippen molar-refractivity contribution in [1.29, 1.82) is 0 Å². The Bertz CT molecular complexity index is 1210. The third-order valence-electron chi connectivity index (χ3n) is 9.68. The summed E-state index contributed by atoms with van der Waals surface area (Å²) < 4.78 is 1.96. The van der Waals surface area contributed by atoms with Crippen molar-refractivity contribution in [3.63, 3.8) is 0 Å². The molecule has 0 amide bonds. The normalized spacial score (nSPS) is 24.4. The quantitative estimate of drug-likeness (QED) is 0.321. The molecule has 2 aromatic rings. The van der Waals surface area contributed by atoms with E-state index in [0.29, 0.717) is 0 Å². The Morgan fingerprint density at radius 3 is 1.78 bits per heavy atom. The molecule has 0 N–H and O–H groups in total. The van der Waals surface area contributed by atoms with Crippen LogP contribution in [0.4, 0.5) is 0 Å². The molecule has 41 heavy (non-hydrogen) atoms. The molecule has 0 radical (unpaired) electrons. The molecule has 0 aliphatic heterocycles. The molecule has 6 aliphatic carbocycles. The van der Waals surface area contributed by atoms with Crippen molar-refractivity contribution in [1.82, 2.24) is 0 Å². The molecule has 0 aromatic heterocycles. The van der Waals surface area contributed by atoms with E-state index in [0.717, 1.165) is 36.5 Å². The topological polar surface area (TPSA) is 0 Å². The predicted molar refractivity (Wildman–Crippen MR) is 164 cm³/mol. The predicted octanol–water partition coefficient (Wildman–Crippen LogP) is 3.75. The van der Waals surface area contributed by atoms with E-state index in [1.165, 1.54) is 44.5 Å². The van der Waals surface area contributed by atoms with E-state index in [4.69, 9.17) is 0 Å². The maximum atomic E-state index is 3.69. The molecule has 0 unspecified atom stereocenters. The van der Waals surface area contributed by atoms with Gasteiger partial charge >= 0.3 is 83.2 Å². The standard InChI is InChI=1S/C23H29.C10H14.C5H5.2ClH.Zr/c1-14-9-16-11-17-10-15(2)21(23(6,7)8)13-19(17)18(16)12-20(14)22(3,4)5;1-7-2-9-4-8(1)5-10(3-7)6-9;1-2-4-5-3-1;;;/h9,12-13H,11H2,1-8H3;7-10H,1-5H2;1-3H,4H2;2*1H;/q-1;;-1;;;+2/p-2. The minimum atomic E-state index is 0. The Labute approximate surface area is 278 Å². The molecule has 0 saturated heterocycles. The van der Waals surface area contributed by atoms with E-state index in [9.17, 15) is 0 Å². The van der Waals surface area contributed by atoms with Gasteiger partial charge in [-0.1, -0.05) is 71.6 Å². The Morgan fingerprint density at radius 2 is 1.32 bits per heavy atom. The van der Waals surface area contributed by atoms with Gasteiger partial charge in [-0.05, 0) is 35.4 Å². The molecule has 220 valence electrons. The summed E-state index contributed by atoms with van der Waals surface area (Å²) in [6.07, 6.45) is 18.9. The van der Waals surface area contributed by atoms with Crippen LogP contribution in [0.25, 0.3) is 11.1 Å². The van der Waals surface area contributed by atoms with Crippen molar-refractivity contribution in [2.45, 2.75) is 111 Å². The first kappa shape index (κ1) is 34.7. The van der Waals surface area contributed by atoms with Crippen LogP contribution in [0.1, 0.15) is 113 Å². The number of halogens is 2. The van der Waals surface area contributed by atoms with Crippen LogP contribution < -0.4 is 24.8 Å². The molecule has 4 bridgehead atoms. The zero-order chi connectivity index (χ0) is 28.1. The number of fused-ring (bicyclic) bond motifs is 3. The fourth-order valence-electron chi connectivity index (χ4n) is 8.05. The van der Waals surface area contributed by atoms with Crippen molar-refractivity contribution in [3.8, 4) is 11.1 Å². The Hall–Kier alpha value is -0.747. The Balaban J connectivity index is 0.000000211. The molecule has 6 aliphatic rings. The summed E-state index contributed by atoms with van der Waals surface area (Å²) in [5, 5.41) is 0. The van der Waals surface area contributed by atoms with Crippen LogP contribution in [-0.2, 0) is 41.5 Å². The van der Waals surface area contributed by atoms with Crippen LogP contribution in [0, 0.1) is 49.7 Å². The maximum absolute atomic E-state index is 3.69. The molecule has 8 rings (SSSR count). The van der Waals surface area contributed by atoms with E-state index in [-0.39, 0.29) is 35.6 Å². The van der Waals surface area contributed by atoms with Gasteiger partial charge in [-0.2, -0.15) is 23.8 Å². The van der Waals surface area contributed by atoms with Crippen LogP contribution in [0.15, 0.2) is 36.4 Å².